The van der Waals surface area contributed by atoms with Gasteiger partial charge in [-0.1, -0.05) is 6.07 Å². The van der Waals surface area contributed by atoms with Crippen molar-refractivity contribution < 1.29 is 19.2 Å². The number of non-ortho nitro benzene ring substituents is 1. The van der Waals surface area contributed by atoms with Gasteiger partial charge in [0.15, 0.2) is 11.5 Å². The number of carbonyl (C=O) groups is 1. The summed E-state index contributed by atoms with van der Waals surface area (Å²) in [5.41, 5.74) is 1.98. The van der Waals surface area contributed by atoms with Gasteiger partial charge < -0.3 is 14.4 Å². The lowest BCUT2D eigenvalue weighted by atomic mass is 10.1. The van der Waals surface area contributed by atoms with Crippen molar-refractivity contribution in [3.05, 3.63) is 57.6 Å². The highest BCUT2D eigenvalue weighted by atomic mass is 16.7. The van der Waals surface area contributed by atoms with Crippen molar-refractivity contribution in [1.29, 1.82) is 0 Å². The molecule has 4 rings (SSSR count). The molecular weight excluding hydrogens is 300 g/mol. The minimum Gasteiger partial charge on any atom is -0.454 e. The molecule has 0 N–H and O–H groups in total. The van der Waals surface area contributed by atoms with Crippen molar-refractivity contribution in [2.45, 2.75) is 6.42 Å². The van der Waals surface area contributed by atoms with Crippen LogP contribution in [0.2, 0.25) is 0 Å². The summed E-state index contributed by atoms with van der Waals surface area (Å²) in [6.07, 6.45) is 0.684. The van der Waals surface area contributed by atoms with E-state index in [1.807, 2.05) is 0 Å². The molecule has 0 bridgehead atoms. The maximum absolute atomic E-state index is 12.8. The quantitative estimate of drug-likeness (QED) is 0.628. The van der Waals surface area contributed by atoms with Crippen LogP contribution in [-0.4, -0.2) is 24.2 Å². The Morgan fingerprint density at radius 2 is 1.96 bits per heavy atom. The molecule has 2 heterocycles. The second-order valence-electron chi connectivity index (χ2n) is 5.34. The zero-order valence-electron chi connectivity index (χ0n) is 12.0. The number of nitro benzene ring substituents is 1. The number of hydrogen-bond acceptors (Lipinski definition) is 5. The second kappa shape index (κ2) is 4.98. The highest BCUT2D eigenvalue weighted by Gasteiger charge is 2.28. The van der Waals surface area contributed by atoms with Gasteiger partial charge in [0.1, 0.15) is 0 Å². The normalized spacial score (nSPS) is 14.7. The van der Waals surface area contributed by atoms with Crippen LogP contribution < -0.4 is 14.4 Å². The number of fused-ring (bicyclic) bond motifs is 2. The fourth-order valence-electron chi connectivity index (χ4n) is 2.88. The Balaban J connectivity index is 1.69. The molecule has 1 amide bonds. The molecule has 2 aromatic rings. The van der Waals surface area contributed by atoms with E-state index in [0.717, 1.165) is 5.56 Å². The maximum atomic E-state index is 12.8. The van der Waals surface area contributed by atoms with E-state index in [0.29, 0.717) is 35.7 Å². The average Bonchev–Trinajstić information content (AvgIpc) is 3.19. The van der Waals surface area contributed by atoms with Crippen LogP contribution in [0.25, 0.3) is 0 Å². The lowest BCUT2D eigenvalue weighted by Gasteiger charge is -2.17. The van der Waals surface area contributed by atoms with E-state index in [1.165, 1.54) is 12.1 Å². The molecule has 2 aliphatic rings. The molecule has 23 heavy (non-hydrogen) atoms. The highest BCUT2D eigenvalue weighted by Crippen LogP contribution is 2.35. The standard InChI is InChI=1S/C16H12N2O5/c19-16(11-2-4-14-15(7-11)23-9-22-14)17-6-5-10-1-3-12(18(20)21)8-13(10)17/h1-4,7-8H,5-6,9H2. The van der Waals surface area contributed by atoms with Gasteiger partial charge in [0.2, 0.25) is 6.79 Å². The van der Waals surface area contributed by atoms with Gasteiger partial charge >= 0.3 is 0 Å². The predicted octanol–water partition coefficient (Wildman–Crippen LogP) is 2.53. The first-order valence-electron chi connectivity index (χ1n) is 7.12. The van der Waals surface area contributed by atoms with Crippen LogP contribution >= 0.6 is 0 Å². The van der Waals surface area contributed by atoms with Gasteiger partial charge in [0, 0.05) is 24.2 Å². The summed E-state index contributed by atoms with van der Waals surface area (Å²) in [4.78, 5) is 24.8. The van der Waals surface area contributed by atoms with Crippen molar-refractivity contribution in [3.8, 4) is 11.5 Å². The Bertz CT molecular complexity index is 833. The molecule has 0 spiro atoms. The lowest BCUT2D eigenvalue weighted by Crippen LogP contribution is -2.28. The largest absolute Gasteiger partial charge is 0.454 e. The van der Waals surface area contributed by atoms with E-state index in [1.54, 1.807) is 29.2 Å². The summed E-state index contributed by atoms with van der Waals surface area (Å²) < 4.78 is 10.5. The highest BCUT2D eigenvalue weighted by molar-refractivity contribution is 6.07. The number of anilines is 1. The molecule has 0 aliphatic carbocycles. The Kier molecular flexibility index (Phi) is 2.94. The Hall–Kier alpha value is -3.09. The number of carbonyl (C=O) groups excluding carboxylic acids is 1. The third-order valence-corrected chi connectivity index (χ3v) is 4.04. The third-order valence-electron chi connectivity index (χ3n) is 4.04. The van der Waals surface area contributed by atoms with Crippen LogP contribution in [0, 0.1) is 10.1 Å². The second-order valence-corrected chi connectivity index (χ2v) is 5.34. The molecule has 116 valence electrons. The van der Waals surface area contributed by atoms with Crippen LogP contribution in [-0.2, 0) is 6.42 Å². The molecule has 2 aromatic carbocycles. The molecule has 0 saturated carbocycles. The van der Waals surface area contributed by atoms with Gasteiger partial charge in [-0.2, -0.15) is 0 Å². The molecule has 0 atom stereocenters. The molecule has 0 aromatic heterocycles. The fraction of sp³-hybridized carbons (Fsp3) is 0.188. The number of rotatable bonds is 2. The minimum absolute atomic E-state index is 0.0193. The molecule has 0 radical (unpaired) electrons. The van der Waals surface area contributed by atoms with Crippen LogP contribution in [0.15, 0.2) is 36.4 Å². The molecule has 0 unspecified atom stereocenters. The molecule has 0 saturated heterocycles. The molecular formula is C16H12N2O5. The maximum Gasteiger partial charge on any atom is 0.271 e. The Morgan fingerprint density at radius 3 is 2.78 bits per heavy atom. The van der Waals surface area contributed by atoms with Gasteiger partial charge in [-0.3, -0.25) is 14.9 Å². The van der Waals surface area contributed by atoms with Gasteiger partial charge in [-0.25, -0.2) is 0 Å². The minimum atomic E-state index is -0.457. The summed E-state index contributed by atoms with van der Waals surface area (Å²) in [6, 6.07) is 9.63. The number of ether oxygens (including phenoxy) is 2. The van der Waals surface area contributed by atoms with Crippen LogP contribution in [0.4, 0.5) is 11.4 Å². The number of nitrogens with zero attached hydrogens (tertiary/aromatic N) is 2. The lowest BCUT2D eigenvalue weighted by molar-refractivity contribution is -0.384. The van der Waals surface area contributed by atoms with Gasteiger partial charge in [0.05, 0.1) is 10.6 Å². The average molecular weight is 312 g/mol. The first-order valence-corrected chi connectivity index (χ1v) is 7.12. The van der Waals surface area contributed by atoms with Crippen LogP contribution in [0.1, 0.15) is 15.9 Å². The van der Waals surface area contributed by atoms with Gasteiger partial charge in [-0.15, -0.1) is 0 Å². The van der Waals surface area contributed by atoms with Crippen LogP contribution in [0.3, 0.4) is 0 Å². The third kappa shape index (κ3) is 2.17. The summed E-state index contributed by atoms with van der Waals surface area (Å²) in [5.74, 6) is 0.941. The first-order chi connectivity index (χ1) is 11.1. The van der Waals surface area contributed by atoms with E-state index in [4.69, 9.17) is 9.47 Å². The van der Waals surface area contributed by atoms with Gasteiger partial charge in [0.25, 0.3) is 11.6 Å². The number of hydrogen-bond donors (Lipinski definition) is 0. The van der Waals surface area contributed by atoms with Crippen molar-refractivity contribution >= 4 is 17.3 Å². The number of nitro groups is 1. The van der Waals surface area contributed by atoms with E-state index in [9.17, 15) is 14.9 Å². The number of benzene rings is 2. The molecule has 7 heteroatoms. The summed E-state index contributed by atoms with van der Waals surface area (Å²) in [6.45, 7) is 0.648. The summed E-state index contributed by atoms with van der Waals surface area (Å²) in [5, 5.41) is 10.9. The molecule has 2 aliphatic heterocycles. The summed E-state index contributed by atoms with van der Waals surface area (Å²) >= 11 is 0. The predicted molar refractivity (Wildman–Crippen MR) is 81.0 cm³/mol. The smallest absolute Gasteiger partial charge is 0.271 e. The molecule has 7 nitrogen and oxygen atoms in total. The van der Waals surface area contributed by atoms with E-state index >= 15 is 0 Å². The SMILES string of the molecule is O=C(c1ccc2c(c1)OCO2)N1CCc2ccc([N+](=O)[O-])cc21. The van der Waals surface area contributed by atoms with Crippen molar-refractivity contribution in [2.24, 2.45) is 0 Å². The van der Waals surface area contributed by atoms with E-state index in [-0.39, 0.29) is 18.4 Å². The zero-order valence-corrected chi connectivity index (χ0v) is 12.0. The van der Waals surface area contributed by atoms with E-state index in [2.05, 4.69) is 0 Å². The summed E-state index contributed by atoms with van der Waals surface area (Å²) in [7, 11) is 0. The topological polar surface area (TPSA) is 81.9 Å². The monoisotopic (exact) mass is 312 g/mol. The number of amides is 1. The Morgan fingerprint density at radius 1 is 1.13 bits per heavy atom. The molecule has 0 fully saturated rings. The van der Waals surface area contributed by atoms with Crippen molar-refractivity contribution in [3.63, 3.8) is 0 Å². The van der Waals surface area contributed by atoms with E-state index < -0.39 is 4.92 Å². The van der Waals surface area contributed by atoms with Crippen molar-refractivity contribution in [1.82, 2.24) is 0 Å². The van der Waals surface area contributed by atoms with Crippen molar-refractivity contribution in [2.75, 3.05) is 18.2 Å². The zero-order chi connectivity index (χ0) is 16.0. The van der Waals surface area contributed by atoms with Crippen LogP contribution in [0.5, 0.6) is 11.5 Å². The first kappa shape index (κ1) is 13.6. The Labute approximate surface area is 131 Å². The van der Waals surface area contributed by atoms with Gasteiger partial charge in [-0.05, 0) is 30.2 Å². The fourth-order valence-corrected chi connectivity index (χ4v) is 2.88.